The van der Waals surface area contributed by atoms with Crippen LogP contribution in [0.3, 0.4) is 0 Å². The Kier molecular flexibility index (Phi) is 3.84. The van der Waals surface area contributed by atoms with Gasteiger partial charge >= 0.3 is 0 Å². The molecule has 2 heterocycles. The van der Waals surface area contributed by atoms with E-state index in [1.165, 1.54) is 0 Å². The van der Waals surface area contributed by atoms with Crippen LogP contribution < -0.4 is 0 Å². The van der Waals surface area contributed by atoms with Gasteiger partial charge in [0.2, 0.25) is 0 Å². The van der Waals surface area contributed by atoms with E-state index in [4.69, 9.17) is 4.98 Å². The van der Waals surface area contributed by atoms with Crippen molar-refractivity contribution >= 4 is 0 Å². The van der Waals surface area contributed by atoms with E-state index in [0.29, 0.717) is 0 Å². The van der Waals surface area contributed by atoms with E-state index < -0.39 is 0 Å². The van der Waals surface area contributed by atoms with Crippen LogP contribution in [-0.4, -0.2) is 19.9 Å². The predicted molar refractivity (Wildman–Crippen MR) is 79.5 cm³/mol. The smallest absolute Gasteiger partial charge is 0.133 e. The van der Waals surface area contributed by atoms with Gasteiger partial charge < -0.3 is 0 Å². The molecule has 0 amide bonds. The van der Waals surface area contributed by atoms with Gasteiger partial charge in [0.05, 0.1) is 5.69 Å². The van der Waals surface area contributed by atoms with Crippen molar-refractivity contribution in [1.82, 2.24) is 19.9 Å². The topological polar surface area (TPSA) is 51.6 Å². The third-order valence-corrected chi connectivity index (χ3v) is 3.26. The maximum absolute atomic E-state index is 4.70. The molecule has 2 aromatic heterocycles. The first-order valence-corrected chi connectivity index (χ1v) is 6.88. The summed E-state index contributed by atoms with van der Waals surface area (Å²) < 4.78 is 0. The lowest BCUT2D eigenvalue weighted by molar-refractivity contribution is 0.486. The Balaban J connectivity index is 2.26. The van der Waals surface area contributed by atoms with E-state index in [2.05, 4.69) is 49.6 Å². The van der Waals surface area contributed by atoms with Crippen molar-refractivity contribution in [3.8, 4) is 0 Å². The van der Waals surface area contributed by atoms with Crippen LogP contribution in [-0.2, 0) is 17.3 Å². The minimum Gasteiger partial charge on any atom is -0.261 e. The Bertz CT molecular complexity index is 571. The summed E-state index contributed by atoms with van der Waals surface area (Å²) in [6, 6.07) is 1.98. The highest BCUT2D eigenvalue weighted by Crippen LogP contribution is 2.25. The molecule has 4 nitrogen and oxygen atoms in total. The quantitative estimate of drug-likeness (QED) is 0.860. The minimum absolute atomic E-state index is 0.0350. The Morgan fingerprint density at radius 1 is 0.950 bits per heavy atom. The normalized spacial score (nSPS) is 12.4. The second kappa shape index (κ2) is 5.27. The molecule has 0 aliphatic carbocycles. The zero-order chi connectivity index (χ0) is 14.8. The van der Waals surface area contributed by atoms with Gasteiger partial charge in [-0.05, 0) is 6.07 Å². The highest BCUT2D eigenvalue weighted by atomic mass is 14.9. The van der Waals surface area contributed by atoms with E-state index in [9.17, 15) is 0 Å². The van der Waals surface area contributed by atoms with E-state index in [1.807, 2.05) is 18.5 Å². The van der Waals surface area contributed by atoms with E-state index in [-0.39, 0.29) is 10.8 Å². The lowest BCUT2D eigenvalue weighted by atomic mass is 9.84. The molecule has 2 rings (SSSR count). The lowest BCUT2D eigenvalue weighted by Gasteiger charge is -2.24. The van der Waals surface area contributed by atoms with Crippen molar-refractivity contribution in [3.63, 3.8) is 0 Å². The number of hydrogen-bond donors (Lipinski definition) is 0. The molecule has 0 saturated carbocycles. The van der Waals surface area contributed by atoms with Crippen molar-refractivity contribution in [2.75, 3.05) is 0 Å². The summed E-state index contributed by atoms with van der Waals surface area (Å²) in [4.78, 5) is 17.6. The molecule has 0 fully saturated rings. The molecule has 0 aliphatic heterocycles. The van der Waals surface area contributed by atoms with Gasteiger partial charge in [-0.2, -0.15) is 0 Å². The second-order valence-electron chi connectivity index (χ2n) is 6.77. The monoisotopic (exact) mass is 270 g/mol. The van der Waals surface area contributed by atoms with Crippen LogP contribution >= 0.6 is 0 Å². The molecule has 0 spiro atoms. The van der Waals surface area contributed by atoms with Crippen molar-refractivity contribution in [3.05, 3.63) is 48.1 Å². The van der Waals surface area contributed by atoms with Crippen LogP contribution in [0.2, 0.25) is 0 Å². The van der Waals surface area contributed by atoms with Crippen LogP contribution in [0, 0.1) is 0 Å². The van der Waals surface area contributed by atoms with Gasteiger partial charge in [0.15, 0.2) is 0 Å². The highest BCUT2D eigenvalue weighted by molar-refractivity contribution is 5.17. The molecule has 106 valence electrons. The van der Waals surface area contributed by atoms with E-state index in [0.717, 1.165) is 23.6 Å². The molecule has 20 heavy (non-hydrogen) atoms. The summed E-state index contributed by atoms with van der Waals surface area (Å²) in [7, 11) is 0. The second-order valence-corrected chi connectivity index (χ2v) is 6.77. The first kappa shape index (κ1) is 14.6. The number of hydrogen-bond acceptors (Lipinski definition) is 4. The molecule has 0 radical (unpaired) electrons. The van der Waals surface area contributed by atoms with E-state index >= 15 is 0 Å². The molecule has 0 aromatic carbocycles. The predicted octanol–water partition coefficient (Wildman–Crippen LogP) is 3.08. The molecule has 0 aliphatic rings. The average molecular weight is 270 g/mol. The lowest BCUT2D eigenvalue weighted by Crippen LogP contribution is -2.24. The van der Waals surface area contributed by atoms with Crippen molar-refractivity contribution in [2.45, 2.75) is 51.9 Å². The molecule has 0 unspecified atom stereocenters. The Hall–Kier alpha value is -1.84. The van der Waals surface area contributed by atoms with Crippen LogP contribution in [0.25, 0.3) is 0 Å². The summed E-state index contributed by atoms with van der Waals surface area (Å²) in [6.07, 6.45) is 7.92. The minimum atomic E-state index is -0.0994. The summed E-state index contributed by atoms with van der Waals surface area (Å²) in [5.41, 5.74) is 1.89. The number of nitrogens with zero attached hydrogens (tertiary/aromatic N) is 4. The van der Waals surface area contributed by atoms with Crippen LogP contribution in [0.15, 0.2) is 30.9 Å². The maximum Gasteiger partial charge on any atom is 0.133 e. The molecule has 0 atom stereocenters. The van der Waals surface area contributed by atoms with Crippen LogP contribution in [0.4, 0.5) is 0 Å². The maximum atomic E-state index is 4.70. The van der Waals surface area contributed by atoms with Crippen LogP contribution in [0.1, 0.15) is 51.8 Å². The molecule has 2 aromatic rings. The molecular weight excluding hydrogens is 248 g/mol. The van der Waals surface area contributed by atoms with Crippen molar-refractivity contribution < 1.29 is 0 Å². The zero-order valence-corrected chi connectivity index (χ0v) is 12.9. The average Bonchev–Trinajstić information content (AvgIpc) is 2.38. The largest absolute Gasteiger partial charge is 0.261 e. The molecule has 0 N–H and O–H groups in total. The molecule has 0 saturated heterocycles. The summed E-state index contributed by atoms with van der Waals surface area (Å²) >= 11 is 0. The van der Waals surface area contributed by atoms with Gasteiger partial charge in [-0.25, -0.2) is 9.97 Å². The summed E-state index contributed by atoms with van der Waals surface area (Å²) in [6.45, 7) is 10.7. The van der Waals surface area contributed by atoms with Gasteiger partial charge in [-0.1, -0.05) is 34.6 Å². The Labute approximate surface area is 120 Å². The van der Waals surface area contributed by atoms with Gasteiger partial charge in [0, 0.05) is 47.7 Å². The number of aromatic nitrogens is 4. The number of rotatable bonds is 3. The standard InChI is InChI=1S/C16H22N4/c1-15(2,3)14-19-7-6-12(20-14)10-16(4,5)13-11-17-8-9-18-13/h6-9,11H,10H2,1-5H3. The van der Waals surface area contributed by atoms with Gasteiger partial charge in [-0.3, -0.25) is 9.97 Å². The molecule has 0 bridgehead atoms. The van der Waals surface area contributed by atoms with Gasteiger partial charge in [-0.15, -0.1) is 0 Å². The third-order valence-electron chi connectivity index (χ3n) is 3.26. The van der Waals surface area contributed by atoms with E-state index in [1.54, 1.807) is 12.4 Å². The summed E-state index contributed by atoms with van der Waals surface area (Å²) in [5, 5.41) is 0. The zero-order valence-electron chi connectivity index (χ0n) is 12.9. The fraction of sp³-hybridized carbons (Fsp3) is 0.500. The Morgan fingerprint density at radius 3 is 2.30 bits per heavy atom. The Morgan fingerprint density at radius 2 is 1.70 bits per heavy atom. The fourth-order valence-corrected chi connectivity index (χ4v) is 2.05. The molecule has 4 heteroatoms. The first-order chi connectivity index (χ1) is 9.29. The first-order valence-electron chi connectivity index (χ1n) is 6.88. The van der Waals surface area contributed by atoms with Gasteiger partial charge in [0.1, 0.15) is 5.82 Å². The molecular formula is C16H22N4. The van der Waals surface area contributed by atoms with Crippen molar-refractivity contribution in [1.29, 1.82) is 0 Å². The van der Waals surface area contributed by atoms with Crippen LogP contribution in [0.5, 0.6) is 0 Å². The summed E-state index contributed by atoms with van der Waals surface area (Å²) in [5.74, 6) is 0.880. The third kappa shape index (κ3) is 3.38. The van der Waals surface area contributed by atoms with Crippen molar-refractivity contribution in [2.24, 2.45) is 0 Å². The highest BCUT2D eigenvalue weighted by Gasteiger charge is 2.25. The SMILES string of the molecule is CC(C)(C)c1nccc(CC(C)(C)c2cnccn2)n1. The fourth-order valence-electron chi connectivity index (χ4n) is 2.05. The van der Waals surface area contributed by atoms with Gasteiger partial charge in [0.25, 0.3) is 0 Å².